The minimum atomic E-state index is -2.02. The molecule has 382 valence electrons. The summed E-state index contributed by atoms with van der Waals surface area (Å²) in [6.45, 7) is 0. The summed E-state index contributed by atoms with van der Waals surface area (Å²) in [6.07, 6.45) is -10.9. The van der Waals surface area contributed by atoms with Crippen LogP contribution in [0.1, 0.15) is 85.0 Å². The third-order valence-electron chi connectivity index (χ3n) is 13.4. The van der Waals surface area contributed by atoms with Crippen LogP contribution < -0.4 is 14.2 Å². The molecule has 74 heavy (non-hydrogen) atoms. The van der Waals surface area contributed by atoms with Gasteiger partial charge in [-0.3, -0.25) is 0 Å². The number of rotatable bonds is 7. The minimum absolute atomic E-state index is 0.0103. The number of phenols is 15. The van der Waals surface area contributed by atoms with Gasteiger partial charge in [-0.05, 0) is 59.7 Å². The summed E-state index contributed by atoms with van der Waals surface area (Å²) < 4.78 is 25.0. The lowest BCUT2D eigenvalue weighted by Gasteiger charge is -2.43. The van der Waals surface area contributed by atoms with E-state index in [0.717, 1.165) is 72.8 Å². The first-order chi connectivity index (χ1) is 35.1. The molecule has 0 spiro atoms. The van der Waals surface area contributed by atoms with E-state index in [4.69, 9.17) is 18.9 Å². The summed E-state index contributed by atoms with van der Waals surface area (Å²) in [4.78, 5) is 13.7. The number of hydrogen-bond donors (Lipinski definition) is 17. The topological polar surface area (TPSA) is 398 Å². The van der Waals surface area contributed by atoms with Crippen molar-refractivity contribution in [3.63, 3.8) is 0 Å². The molecule has 17 N–H and O–H groups in total. The van der Waals surface area contributed by atoms with Crippen LogP contribution in [0.5, 0.6) is 103 Å². The lowest BCUT2D eigenvalue weighted by Crippen LogP contribution is -2.39. The first kappa shape index (κ1) is 48.0. The summed E-state index contributed by atoms with van der Waals surface area (Å²) in [5, 5.41) is 188. The molecule has 0 aromatic heterocycles. The van der Waals surface area contributed by atoms with Crippen LogP contribution in [0.3, 0.4) is 0 Å². The average molecular weight is 1020 g/mol. The molecule has 8 atom stereocenters. The summed E-state index contributed by atoms with van der Waals surface area (Å²) >= 11 is 0. The van der Waals surface area contributed by atoms with Gasteiger partial charge in [0.15, 0.2) is 70.1 Å². The van der Waals surface area contributed by atoms with Crippen LogP contribution in [0.2, 0.25) is 0 Å². The minimum Gasteiger partial charge on any atom is -0.508 e. The van der Waals surface area contributed by atoms with Crippen molar-refractivity contribution in [2.75, 3.05) is 0 Å². The molecule has 0 bridgehead atoms. The second kappa shape index (κ2) is 17.6. The van der Waals surface area contributed by atoms with Gasteiger partial charge in [-0.2, -0.15) is 0 Å². The molecule has 3 aliphatic rings. The van der Waals surface area contributed by atoms with Crippen molar-refractivity contribution in [1.82, 2.24) is 0 Å². The Morgan fingerprint density at radius 3 is 1.36 bits per heavy atom. The fourth-order valence-electron chi connectivity index (χ4n) is 9.95. The van der Waals surface area contributed by atoms with E-state index in [2.05, 4.69) is 0 Å². The van der Waals surface area contributed by atoms with Gasteiger partial charge < -0.3 is 106 Å². The Morgan fingerprint density at radius 1 is 0.419 bits per heavy atom. The average Bonchev–Trinajstić information content (AvgIpc) is 3.34. The number of ether oxygens (including phenoxy) is 4. The quantitative estimate of drug-likeness (QED) is 0.0699. The molecule has 0 amide bonds. The van der Waals surface area contributed by atoms with Crippen molar-refractivity contribution in [3.8, 4) is 103 Å². The first-order valence-electron chi connectivity index (χ1n) is 22.2. The lowest BCUT2D eigenvalue weighted by atomic mass is 9.73. The molecule has 0 saturated heterocycles. The maximum atomic E-state index is 13.7. The van der Waals surface area contributed by atoms with Crippen LogP contribution in [-0.4, -0.2) is 111 Å². The van der Waals surface area contributed by atoms with E-state index in [1.54, 1.807) is 0 Å². The fraction of sp³-hybridized carbons (Fsp3) is 0.173. The second-order valence-electron chi connectivity index (χ2n) is 17.9. The Morgan fingerprint density at radius 2 is 0.851 bits per heavy atom. The molecule has 22 nitrogen and oxygen atoms in total. The van der Waals surface area contributed by atoms with Gasteiger partial charge in [0, 0.05) is 64.1 Å². The number of esters is 1. The number of phenolic OH excluding ortho intramolecular Hbond substituents is 15. The van der Waals surface area contributed by atoms with Gasteiger partial charge in [-0.1, -0.05) is 18.2 Å². The highest BCUT2D eigenvalue weighted by Crippen LogP contribution is 2.62. The van der Waals surface area contributed by atoms with Gasteiger partial charge in [-0.25, -0.2) is 4.79 Å². The first-order valence-corrected chi connectivity index (χ1v) is 22.2. The van der Waals surface area contributed by atoms with Gasteiger partial charge >= 0.3 is 5.97 Å². The molecular weight excluding hydrogens is 977 g/mol. The molecule has 0 radical (unpaired) electrons. The Bertz CT molecular complexity index is 3440. The van der Waals surface area contributed by atoms with Crippen LogP contribution in [0.25, 0.3) is 0 Å². The van der Waals surface area contributed by atoms with Crippen molar-refractivity contribution in [2.45, 2.75) is 54.9 Å². The van der Waals surface area contributed by atoms with Crippen molar-refractivity contribution in [2.24, 2.45) is 0 Å². The number of fused-ring (bicyclic) bond motifs is 3. The molecule has 7 aromatic carbocycles. The third kappa shape index (κ3) is 7.80. The summed E-state index contributed by atoms with van der Waals surface area (Å²) in [5.41, 5.74) is -2.34. The maximum Gasteiger partial charge on any atom is 0.338 e. The second-order valence-corrected chi connectivity index (χ2v) is 17.9. The van der Waals surface area contributed by atoms with Crippen LogP contribution in [-0.2, 0) is 11.2 Å². The van der Waals surface area contributed by atoms with Gasteiger partial charge in [0.05, 0.1) is 17.4 Å². The third-order valence-corrected chi connectivity index (χ3v) is 13.4. The molecule has 3 heterocycles. The van der Waals surface area contributed by atoms with Crippen molar-refractivity contribution < 1.29 is 111 Å². The molecule has 10 rings (SSSR count). The van der Waals surface area contributed by atoms with Crippen LogP contribution in [0.15, 0.2) is 91.0 Å². The van der Waals surface area contributed by atoms with E-state index in [1.165, 1.54) is 18.2 Å². The monoisotopic (exact) mass is 1020 g/mol. The summed E-state index contributed by atoms with van der Waals surface area (Å²) in [7, 11) is 0. The van der Waals surface area contributed by atoms with Crippen molar-refractivity contribution in [3.05, 3.63) is 141 Å². The zero-order chi connectivity index (χ0) is 52.9. The van der Waals surface area contributed by atoms with E-state index in [9.17, 15) is 91.6 Å². The van der Waals surface area contributed by atoms with Gasteiger partial charge in [-0.15, -0.1) is 0 Å². The summed E-state index contributed by atoms with van der Waals surface area (Å²) in [6, 6.07) is 15.3. The standard InChI is InChI=1S/C52H42O22/c53-21-12-30(61)38-36(13-21)71-48(18-2-5-24(55)28(59)8-18)45(68)42(38)40-32(63)16-33(64)41-43(46(69)49(74-51(40)41)19-3-6-25(56)29(60)9-19)39-31(62)15-26(57)22-14-37(72-52(70)20-10-34(65)44(67)35(66)11-20)47(73-50(22)39)17-1-4-23(54)27(58)7-17/h1-13,15-16,37,42-43,45-49,53-69H,14H2. The van der Waals surface area contributed by atoms with Crippen LogP contribution >= 0.6 is 0 Å². The zero-order valence-corrected chi connectivity index (χ0v) is 37.6. The van der Waals surface area contributed by atoms with E-state index < -0.39 is 181 Å². The number of carbonyl (C=O) groups excluding carboxylic acids is 1. The number of benzene rings is 7. The largest absolute Gasteiger partial charge is 0.508 e. The van der Waals surface area contributed by atoms with Gasteiger partial charge in [0.1, 0.15) is 70.1 Å². The Kier molecular flexibility index (Phi) is 11.4. The predicted octanol–water partition coefficient (Wildman–Crippen LogP) is 5.43. The predicted molar refractivity (Wildman–Crippen MR) is 249 cm³/mol. The van der Waals surface area contributed by atoms with Crippen molar-refractivity contribution >= 4 is 5.97 Å². The van der Waals surface area contributed by atoms with Gasteiger partial charge in [0.2, 0.25) is 0 Å². The van der Waals surface area contributed by atoms with Crippen LogP contribution in [0.4, 0.5) is 0 Å². The maximum absolute atomic E-state index is 13.7. The number of aliphatic hydroxyl groups is 2. The van der Waals surface area contributed by atoms with E-state index in [1.807, 2.05) is 0 Å². The van der Waals surface area contributed by atoms with Gasteiger partial charge in [0.25, 0.3) is 0 Å². The molecule has 0 aliphatic carbocycles. The Balaban J connectivity index is 1.20. The molecule has 3 aliphatic heterocycles. The van der Waals surface area contributed by atoms with Crippen LogP contribution in [0, 0.1) is 0 Å². The summed E-state index contributed by atoms with van der Waals surface area (Å²) in [5.74, 6) is -16.8. The molecule has 0 saturated carbocycles. The smallest absolute Gasteiger partial charge is 0.338 e. The van der Waals surface area contributed by atoms with Crippen molar-refractivity contribution in [1.29, 1.82) is 0 Å². The highest BCUT2D eigenvalue weighted by molar-refractivity contribution is 5.91. The molecule has 8 unspecified atom stereocenters. The molecule has 7 aromatic rings. The number of aliphatic hydroxyl groups excluding tert-OH is 2. The Labute approximate surface area is 415 Å². The zero-order valence-electron chi connectivity index (χ0n) is 37.6. The van der Waals surface area contributed by atoms with E-state index in [-0.39, 0.29) is 33.6 Å². The molecule has 0 fully saturated rings. The lowest BCUT2D eigenvalue weighted by molar-refractivity contribution is -0.0213. The van der Waals surface area contributed by atoms with E-state index >= 15 is 0 Å². The fourth-order valence-corrected chi connectivity index (χ4v) is 9.95. The SMILES string of the molecule is O=C(OC1Cc2c(O)cc(O)c(C3c4c(O)cc(O)c(C5c6c(O)cc(O)cc6OC(c6ccc(O)c(O)c6)C5O)c4OC(c4ccc(O)c(O)c4)C3O)c2OC1c1ccc(O)c(O)c1)c1cc(O)c(O)c(O)c1. The normalized spacial score (nSPS) is 21.7. The highest BCUT2D eigenvalue weighted by atomic mass is 16.6. The molecular formula is C52H42O22. The number of carbonyl (C=O) groups is 1. The highest BCUT2D eigenvalue weighted by Gasteiger charge is 2.51. The number of hydrogen-bond acceptors (Lipinski definition) is 22. The van der Waals surface area contributed by atoms with E-state index in [0.29, 0.717) is 0 Å². The number of aromatic hydroxyl groups is 15. The molecule has 22 heteroatoms. The Hall–Kier alpha value is -9.67.